The summed E-state index contributed by atoms with van der Waals surface area (Å²) in [7, 11) is -4.17. The van der Waals surface area contributed by atoms with E-state index in [4.69, 9.17) is 15.4 Å². The molecule has 52 heavy (non-hydrogen) atoms. The quantitative estimate of drug-likeness (QED) is 0.0416. The van der Waals surface area contributed by atoms with Gasteiger partial charge in [-0.15, -0.1) is 10.2 Å². The van der Waals surface area contributed by atoms with Crippen LogP contribution in [0.3, 0.4) is 0 Å². The number of rotatable bonds is 24. The molecule has 3 aromatic rings. The summed E-state index contributed by atoms with van der Waals surface area (Å²) in [5.41, 5.74) is 0.740. The Morgan fingerprint density at radius 2 is 1.44 bits per heavy atom. The lowest BCUT2D eigenvalue weighted by Crippen LogP contribution is -2.50. The maximum atomic E-state index is 13.6. The second-order valence-corrected chi connectivity index (χ2v) is 14.4. The Balaban J connectivity index is 1.80. The smallest absolute Gasteiger partial charge is 0.317 e. The van der Waals surface area contributed by atoms with E-state index in [1.807, 2.05) is 42.5 Å². The topological polar surface area (TPSA) is 278 Å². The number of likely N-dealkylation sites (N-methyl/N-ethyl adjacent to an activating group) is 1. The molecule has 0 radical (unpaired) electrons. The largest absolute Gasteiger partial charge is 0.480 e. The number of sulfonamides is 1. The fourth-order valence-electron chi connectivity index (χ4n) is 5.18. The lowest BCUT2D eigenvalue weighted by molar-refractivity contribution is -0.140. The van der Waals surface area contributed by atoms with E-state index < -0.39 is 50.1 Å². The lowest BCUT2D eigenvalue weighted by Gasteiger charge is -2.29. The monoisotopic (exact) mass is 765 g/mol. The van der Waals surface area contributed by atoms with E-state index in [1.165, 1.54) is 0 Å². The van der Waals surface area contributed by atoms with Crippen molar-refractivity contribution in [1.29, 1.82) is 0 Å². The minimum atomic E-state index is -4.17. The van der Waals surface area contributed by atoms with E-state index in [0.29, 0.717) is 17.9 Å². The van der Waals surface area contributed by atoms with E-state index in [9.17, 15) is 37.5 Å². The van der Waals surface area contributed by atoms with Crippen molar-refractivity contribution in [2.45, 2.75) is 23.7 Å². The Hall–Kier alpha value is -4.64. The van der Waals surface area contributed by atoms with Crippen molar-refractivity contribution in [1.82, 2.24) is 35.5 Å². The number of benzene rings is 2. The van der Waals surface area contributed by atoms with Gasteiger partial charge in [0.2, 0.25) is 21.3 Å². The summed E-state index contributed by atoms with van der Waals surface area (Å²) in [6.07, 6.45) is 0.0383. The predicted octanol–water partition coefficient (Wildman–Crippen LogP) is -1.23. The molecule has 0 spiro atoms. The molecule has 0 saturated carbocycles. The Kier molecular flexibility index (Phi) is 16.4. The Labute approximate surface area is 303 Å². The van der Waals surface area contributed by atoms with Gasteiger partial charge in [-0.1, -0.05) is 60.7 Å². The highest BCUT2D eigenvalue weighted by Crippen LogP contribution is 2.22. The number of carboxylic acids is 3. The van der Waals surface area contributed by atoms with Crippen molar-refractivity contribution in [3.8, 4) is 0 Å². The molecule has 0 aliphatic rings. The van der Waals surface area contributed by atoms with Crippen molar-refractivity contribution in [2.24, 2.45) is 5.14 Å². The number of carbonyl (C=O) groups is 5. The number of nitrogens with two attached hydrogens (primary N) is 1. The summed E-state index contributed by atoms with van der Waals surface area (Å²) in [4.78, 5) is 66.0. The standard InChI is InChI=1S/C31H43N9O10S2/c1-2-38(19-27(44)45)12-13-40(20-28(46)47)15-14-39(11-10-33-17-26(42)43)18-25(41)34-24(16-22-8-5-7-21-6-3-4-9-23(21)22)29(48)35-30-36-37-31(51-30)52(32,49)50/h3-9,24,33H,2,10-20H2,1H3,(H,34,41)(H,42,43)(H,44,45)(H,46,47)(H2,32,49,50)(H,35,36,48)/t24-/m0/s1. The van der Waals surface area contributed by atoms with Gasteiger partial charge < -0.3 is 26.0 Å². The molecule has 0 bridgehead atoms. The maximum absolute atomic E-state index is 13.6. The molecule has 8 N–H and O–H groups in total. The summed E-state index contributed by atoms with van der Waals surface area (Å²) >= 11 is 0.545. The number of carboxylic acid groups (broad SMARTS) is 3. The minimum absolute atomic E-state index is 0.0383. The molecule has 0 aliphatic heterocycles. The van der Waals surface area contributed by atoms with Gasteiger partial charge in [0.25, 0.3) is 10.0 Å². The number of nitrogens with one attached hydrogen (secondary N) is 3. The molecule has 19 nitrogen and oxygen atoms in total. The number of primary sulfonamides is 1. The first-order chi connectivity index (χ1) is 24.6. The number of anilines is 1. The zero-order valence-electron chi connectivity index (χ0n) is 28.4. The van der Waals surface area contributed by atoms with Gasteiger partial charge in [-0.25, -0.2) is 13.6 Å². The number of fused-ring (bicyclic) bond motifs is 1. The Bertz CT molecular complexity index is 1800. The number of carbonyl (C=O) groups excluding carboxylic acids is 2. The van der Waals surface area contributed by atoms with Crippen molar-refractivity contribution in [3.63, 3.8) is 0 Å². The van der Waals surface area contributed by atoms with Crippen LogP contribution < -0.4 is 21.1 Å². The van der Waals surface area contributed by atoms with Crippen LogP contribution in [0, 0.1) is 0 Å². The van der Waals surface area contributed by atoms with E-state index in [2.05, 4.69) is 26.1 Å². The predicted molar refractivity (Wildman–Crippen MR) is 190 cm³/mol. The Morgan fingerprint density at radius 1 is 0.827 bits per heavy atom. The normalized spacial score (nSPS) is 12.3. The molecule has 0 unspecified atom stereocenters. The summed E-state index contributed by atoms with van der Waals surface area (Å²) in [6, 6.07) is 11.8. The molecule has 3 rings (SSSR count). The SMILES string of the molecule is CCN(CCN(CCN(CCNCC(=O)O)CC(=O)N[C@@H](Cc1cccc2ccccc12)C(=O)Nc1nnc(S(N)(=O)=O)s1)CC(=O)O)CC(=O)O. The number of hydrogen-bond donors (Lipinski definition) is 7. The molecular formula is C31H43N9O10S2. The van der Waals surface area contributed by atoms with Crippen LogP contribution in [-0.2, 0) is 40.4 Å². The summed E-state index contributed by atoms with van der Waals surface area (Å²) in [5.74, 6) is -4.47. The summed E-state index contributed by atoms with van der Waals surface area (Å²) in [5, 5.41) is 49.6. The molecular weight excluding hydrogens is 723 g/mol. The second-order valence-electron chi connectivity index (χ2n) is 11.6. The van der Waals surface area contributed by atoms with Crippen LogP contribution in [0.4, 0.5) is 5.13 Å². The zero-order valence-corrected chi connectivity index (χ0v) is 30.1. The fourth-order valence-corrected chi connectivity index (χ4v) is 6.52. The molecule has 21 heteroatoms. The number of aromatic nitrogens is 2. The number of amides is 2. The minimum Gasteiger partial charge on any atom is -0.480 e. The van der Waals surface area contributed by atoms with Gasteiger partial charge in [0.05, 0.1) is 26.2 Å². The van der Waals surface area contributed by atoms with Crippen LogP contribution in [0.25, 0.3) is 10.8 Å². The third-order valence-corrected chi connectivity index (χ3v) is 9.86. The van der Waals surface area contributed by atoms with Gasteiger partial charge in [-0.2, -0.15) is 0 Å². The highest BCUT2D eigenvalue weighted by molar-refractivity contribution is 7.91. The molecule has 0 fully saturated rings. The van der Waals surface area contributed by atoms with Crippen LogP contribution in [-0.4, -0.2) is 156 Å². The van der Waals surface area contributed by atoms with Crippen LogP contribution in [0.1, 0.15) is 12.5 Å². The molecule has 2 amide bonds. The highest BCUT2D eigenvalue weighted by Gasteiger charge is 2.26. The van der Waals surface area contributed by atoms with Crippen LogP contribution >= 0.6 is 11.3 Å². The molecule has 2 aromatic carbocycles. The molecule has 1 aromatic heterocycles. The molecule has 0 saturated heterocycles. The van der Waals surface area contributed by atoms with Gasteiger partial charge in [0.15, 0.2) is 0 Å². The maximum Gasteiger partial charge on any atom is 0.317 e. The average Bonchev–Trinajstić information content (AvgIpc) is 3.55. The number of aliphatic carboxylic acids is 3. The van der Waals surface area contributed by atoms with Gasteiger partial charge in [-0.05, 0) is 22.9 Å². The number of hydrogen-bond acceptors (Lipinski definition) is 14. The third kappa shape index (κ3) is 14.5. The Morgan fingerprint density at radius 3 is 2.06 bits per heavy atom. The van der Waals surface area contributed by atoms with E-state index in [1.54, 1.807) is 21.6 Å². The van der Waals surface area contributed by atoms with Crippen molar-refractivity contribution >= 4 is 67.0 Å². The average molecular weight is 766 g/mol. The first-order valence-electron chi connectivity index (χ1n) is 16.1. The van der Waals surface area contributed by atoms with E-state index >= 15 is 0 Å². The summed E-state index contributed by atoms with van der Waals surface area (Å²) in [6.45, 7) is 2.31. The fraction of sp³-hybridized carbons (Fsp3) is 0.452. The van der Waals surface area contributed by atoms with Gasteiger partial charge >= 0.3 is 17.9 Å². The van der Waals surface area contributed by atoms with E-state index in [-0.39, 0.29) is 77.0 Å². The third-order valence-electron chi connectivity index (χ3n) is 7.71. The highest BCUT2D eigenvalue weighted by atomic mass is 32.2. The van der Waals surface area contributed by atoms with Gasteiger partial charge in [0.1, 0.15) is 6.04 Å². The van der Waals surface area contributed by atoms with Crippen molar-refractivity contribution < 1.29 is 47.7 Å². The molecule has 284 valence electrons. The van der Waals surface area contributed by atoms with Crippen molar-refractivity contribution in [3.05, 3.63) is 48.0 Å². The van der Waals surface area contributed by atoms with Crippen molar-refractivity contribution in [2.75, 3.05) is 77.3 Å². The summed E-state index contributed by atoms with van der Waals surface area (Å²) < 4.78 is 22.9. The first kappa shape index (κ1) is 41.8. The second kappa shape index (κ2) is 20.4. The number of nitrogens with zero attached hydrogens (tertiary/aromatic N) is 5. The van der Waals surface area contributed by atoms with Gasteiger partial charge in [0, 0.05) is 45.7 Å². The van der Waals surface area contributed by atoms with Crippen LogP contribution in [0.2, 0.25) is 0 Å². The molecule has 1 atom stereocenters. The molecule has 0 aliphatic carbocycles. The first-order valence-corrected chi connectivity index (χ1v) is 18.5. The lowest BCUT2D eigenvalue weighted by atomic mass is 9.98. The van der Waals surface area contributed by atoms with Crippen LogP contribution in [0.5, 0.6) is 0 Å². The van der Waals surface area contributed by atoms with Crippen LogP contribution in [0.15, 0.2) is 46.8 Å². The van der Waals surface area contributed by atoms with Gasteiger partial charge in [-0.3, -0.25) is 44.0 Å². The zero-order chi connectivity index (χ0) is 38.3. The van der Waals surface area contributed by atoms with E-state index in [0.717, 1.165) is 16.3 Å². The molecule has 1 heterocycles.